The number of esters is 2. The van der Waals surface area contributed by atoms with Crippen LogP contribution in [0.3, 0.4) is 0 Å². The average Bonchev–Trinajstić information content (AvgIpc) is 2.99. The van der Waals surface area contributed by atoms with Gasteiger partial charge in [-0.2, -0.15) is 0 Å². The van der Waals surface area contributed by atoms with E-state index in [1.165, 1.54) is 64.2 Å². The Morgan fingerprint density at radius 2 is 0.864 bits per heavy atom. The molecule has 0 aliphatic rings. The summed E-state index contributed by atoms with van der Waals surface area (Å²) in [6, 6.07) is 0. The Balaban J connectivity index is 3.99. The van der Waals surface area contributed by atoms with E-state index in [9.17, 15) is 14.2 Å². The van der Waals surface area contributed by atoms with E-state index < -0.39 is 7.60 Å². The zero-order valence-electron chi connectivity index (χ0n) is 29.3. The van der Waals surface area contributed by atoms with Gasteiger partial charge in [0.05, 0.1) is 32.6 Å². The van der Waals surface area contributed by atoms with Crippen LogP contribution in [0.1, 0.15) is 162 Å². The molecule has 0 bridgehead atoms. The van der Waals surface area contributed by atoms with E-state index in [0.29, 0.717) is 45.4 Å². The molecule has 8 nitrogen and oxygen atoms in total. The van der Waals surface area contributed by atoms with Crippen LogP contribution in [-0.4, -0.2) is 70.1 Å². The Morgan fingerprint density at radius 1 is 0.500 bits per heavy atom. The second kappa shape index (κ2) is 32.0. The first-order chi connectivity index (χ1) is 21.3. The lowest BCUT2D eigenvalue weighted by atomic mass is 10.1. The van der Waals surface area contributed by atoms with Crippen molar-refractivity contribution < 1.29 is 32.7 Å². The van der Waals surface area contributed by atoms with Crippen molar-refractivity contribution in [1.29, 1.82) is 0 Å². The number of carbonyl (C=O) groups is 2. The highest BCUT2D eigenvalue weighted by atomic mass is 31.2. The van der Waals surface area contributed by atoms with Crippen molar-refractivity contribution in [3.05, 3.63) is 0 Å². The van der Waals surface area contributed by atoms with Crippen LogP contribution in [0.2, 0.25) is 0 Å². The van der Waals surface area contributed by atoms with E-state index in [1.807, 2.05) is 14.1 Å². The van der Waals surface area contributed by atoms with Crippen LogP contribution in [0.15, 0.2) is 0 Å². The Hall–Kier alpha value is -0.950. The third-order valence-electron chi connectivity index (χ3n) is 7.69. The summed E-state index contributed by atoms with van der Waals surface area (Å²) in [6.45, 7) is 7.02. The fourth-order valence-electron chi connectivity index (χ4n) is 4.89. The molecule has 0 N–H and O–H groups in total. The Morgan fingerprint density at radius 3 is 1.27 bits per heavy atom. The van der Waals surface area contributed by atoms with Gasteiger partial charge < -0.3 is 23.4 Å². The highest BCUT2D eigenvalue weighted by molar-refractivity contribution is 7.53. The van der Waals surface area contributed by atoms with Gasteiger partial charge in [-0.3, -0.25) is 14.2 Å². The van der Waals surface area contributed by atoms with Crippen LogP contribution in [0.5, 0.6) is 0 Å². The Labute approximate surface area is 271 Å². The molecule has 0 radical (unpaired) electrons. The monoisotopic (exact) mass is 647 g/mol. The zero-order valence-corrected chi connectivity index (χ0v) is 30.2. The van der Waals surface area contributed by atoms with Crippen molar-refractivity contribution in [3.8, 4) is 0 Å². The van der Waals surface area contributed by atoms with E-state index in [0.717, 1.165) is 77.2 Å². The number of hydrogen-bond acceptors (Lipinski definition) is 8. The molecular weight excluding hydrogens is 577 g/mol. The average molecular weight is 648 g/mol. The summed E-state index contributed by atoms with van der Waals surface area (Å²) in [5, 5.41) is 0. The Kier molecular flexibility index (Phi) is 31.3. The normalized spacial score (nSPS) is 11.8. The summed E-state index contributed by atoms with van der Waals surface area (Å²) in [5.74, 6) is -0.257. The summed E-state index contributed by atoms with van der Waals surface area (Å²) < 4.78 is 35.7. The molecule has 0 aromatic carbocycles. The lowest BCUT2D eigenvalue weighted by Crippen LogP contribution is -2.15. The predicted molar refractivity (Wildman–Crippen MR) is 182 cm³/mol. The molecule has 0 aromatic rings. The minimum Gasteiger partial charge on any atom is -0.466 e. The highest BCUT2D eigenvalue weighted by Gasteiger charge is 2.24. The van der Waals surface area contributed by atoms with Crippen LogP contribution in [0, 0.1) is 0 Å². The van der Waals surface area contributed by atoms with E-state index in [4.69, 9.17) is 18.5 Å². The number of nitrogens with zero attached hydrogens (tertiary/aromatic N) is 1. The van der Waals surface area contributed by atoms with Crippen molar-refractivity contribution in [1.82, 2.24) is 4.90 Å². The van der Waals surface area contributed by atoms with Gasteiger partial charge in [0.25, 0.3) is 0 Å². The van der Waals surface area contributed by atoms with E-state index in [-0.39, 0.29) is 11.9 Å². The topological polar surface area (TPSA) is 91.4 Å². The third-order valence-corrected chi connectivity index (χ3v) is 9.70. The smallest absolute Gasteiger partial charge is 0.330 e. The van der Waals surface area contributed by atoms with Crippen molar-refractivity contribution in [2.24, 2.45) is 0 Å². The summed E-state index contributed by atoms with van der Waals surface area (Å²) in [5.41, 5.74) is 0. The standard InChI is InChI=1S/C35H70NO7P/c1-5-7-9-11-13-15-21-29-40-34(37)26-19-17-23-31-42-44(39,33-25-28-36(3)4)43-32-24-18-20-27-35(38)41-30-22-16-14-12-10-8-6-2/h5-33H2,1-4H3. The van der Waals surface area contributed by atoms with Crippen LogP contribution < -0.4 is 0 Å². The molecule has 0 atom stereocenters. The van der Waals surface area contributed by atoms with Crippen molar-refractivity contribution in [2.45, 2.75) is 162 Å². The first-order valence-electron chi connectivity index (χ1n) is 18.2. The molecule has 0 saturated heterocycles. The second-order valence-electron chi connectivity index (χ2n) is 12.5. The molecule has 0 fully saturated rings. The maximum absolute atomic E-state index is 13.4. The summed E-state index contributed by atoms with van der Waals surface area (Å²) in [4.78, 5) is 26.0. The molecule has 9 heteroatoms. The fraction of sp³-hybridized carbons (Fsp3) is 0.943. The number of hydrogen-bond donors (Lipinski definition) is 0. The van der Waals surface area contributed by atoms with Gasteiger partial charge in [-0.15, -0.1) is 0 Å². The predicted octanol–water partition coefficient (Wildman–Crippen LogP) is 9.87. The van der Waals surface area contributed by atoms with Gasteiger partial charge in [0, 0.05) is 12.8 Å². The van der Waals surface area contributed by atoms with Gasteiger partial charge in [0.1, 0.15) is 0 Å². The molecule has 0 spiro atoms. The van der Waals surface area contributed by atoms with Crippen molar-refractivity contribution in [3.63, 3.8) is 0 Å². The minimum atomic E-state index is -3.18. The largest absolute Gasteiger partial charge is 0.466 e. The summed E-state index contributed by atoms with van der Waals surface area (Å²) in [7, 11) is 0.801. The second-order valence-corrected chi connectivity index (χ2v) is 14.6. The fourth-order valence-corrected chi connectivity index (χ4v) is 6.56. The van der Waals surface area contributed by atoms with Crippen LogP contribution in [0.4, 0.5) is 0 Å². The number of carbonyl (C=O) groups excluding carboxylic acids is 2. The maximum atomic E-state index is 13.4. The summed E-state index contributed by atoms with van der Waals surface area (Å²) >= 11 is 0. The van der Waals surface area contributed by atoms with E-state index >= 15 is 0 Å². The van der Waals surface area contributed by atoms with Gasteiger partial charge >= 0.3 is 19.5 Å². The molecule has 0 aromatic heterocycles. The molecule has 0 unspecified atom stereocenters. The lowest BCUT2D eigenvalue weighted by Gasteiger charge is -2.19. The molecule has 0 aliphatic carbocycles. The first-order valence-corrected chi connectivity index (χ1v) is 19.9. The summed E-state index contributed by atoms with van der Waals surface area (Å²) in [6.07, 6.45) is 23.4. The van der Waals surface area contributed by atoms with Crippen molar-refractivity contribution >= 4 is 19.5 Å². The molecule has 0 saturated carbocycles. The van der Waals surface area contributed by atoms with Crippen LogP contribution >= 0.6 is 7.60 Å². The van der Waals surface area contributed by atoms with Crippen LogP contribution in [0.25, 0.3) is 0 Å². The van der Waals surface area contributed by atoms with Gasteiger partial charge in [-0.25, -0.2) is 0 Å². The van der Waals surface area contributed by atoms with Crippen LogP contribution in [-0.2, 0) is 32.7 Å². The molecular formula is C35H70NO7P. The SMILES string of the molecule is CCCCCCCCCOC(=O)CCCCCOP(=O)(CCCN(C)C)OCCCCCC(=O)OCCCCCCCCC. The quantitative estimate of drug-likeness (QED) is 0.0387. The number of ether oxygens (including phenoxy) is 2. The third kappa shape index (κ3) is 31.0. The molecule has 0 heterocycles. The molecule has 262 valence electrons. The lowest BCUT2D eigenvalue weighted by molar-refractivity contribution is -0.144. The van der Waals surface area contributed by atoms with E-state index in [1.54, 1.807) is 0 Å². The maximum Gasteiger partial charge on any atom is 0.330 e. The van der Waals surface area contributed by atoms with Gasteiger partial charge in [0.15, 0.2) is 0 Å². The van der Waals surface area contributed by atoms with Gasteiger partial charge in [-0.1, -0.05) is 104 Å². The highest BCUT2D eigenvalue weighted by Crippen LogP contribution is 2.49. The minimum absolute atomic E-state index is 0.129. The van der Waals surface area contributed by atoms with E-state index in [2.05, 4.69) is 18.7 Å². The molecule has 0 amide bonds. The Bertz CT molecular complexity index is 657. The molecule has 0 aliphatic heterocycles. The van der Waals surface area contributed by atoms with Crippen molar-refractivity contribution in [2.75, 3.05) is 53.2 Å². The van der Waals surface area contributed by atoms with Gasteiger partial charge in [0.2, 0.25) is 0 Å². The molecule has 0 rings (SSSR count). The number of rotatable bonds is 34. The first kappa shape index (κ1) is 43.0. The molecule has 44 heavy (non-hydrogen) atoms. The zero-order chi connectivity index (χ0) is 32.6. The van der Waals surface area contributed by atoms with Gasteiger partial charge in [-0.05, 0) is 65.6 Å². The number of unbranched alkanes of at least 4 members (excludes halogenated alkanes) is 16.